The van der Waals surface area contributed by atoms with Crippen LogP contribution in [0.3, 0.4) is 0 Å². The van der Waals surface area contributed by atoms with Gasteiger partial charge >= 0.3 is 0 Å². The lowest BCUT2D eigenvalue weighted by Gasteiger charge is -2.32. The van der Waals surface area contributed by atoms with Gasteiger partial charge in [0.15, 0.2) is 0 Å². The Kier molecular flexibility index (Phi) is 6.76. The van der Waals surface area contributed by atoms with Crippen LogP contribution in [0.15, 0.2) is 221 Å². The van der Waals surface area contributed by atoms with Crippen molar-refractivity contribution in [3.63, 3.8) is 0 Å². The molecule has 0 aliphatic heterocycles. The molecule has 0 amide bonds. The summed E-state index contributed by atoms with van der Waals surface area (Å²) in [6.07, 6.45) is 0. The summed E-state index contributed by atoms with van der Waals surface area (Å²) in [5, 5.41) is 6.68. The lowest BCUT2D eigenvalue weighted by Crippen LogP contribution is -2.26. The molecule has 0 unspecified atom stereocenters. The Morgan fingerprint density at radius 2 is 0.855 bits per heavy atom. The van der Waals surface area contributed by atoms with E-state index in [4.69, 9.17) is 8.83 Å². The van der Waals surface area contributed by atoms with Gasteiger partial charge in [0.05, 0.1) is 11.1 Å². The van der Waals surface area contributed by atoms with E-state index in [0.29, 0.717) is 0 Å². The summed E-state index contributed by atoms with van der Waals surface area (Å²) in [6, 6.07) is 77.3. The molecule has 2 aliphatic carbocycles. The first kappa shape index (κ1) is 33.7. The smallest absolute Gasteiger partial charge is 0.143 e. The minimum atomic E-state index is -0.479. The molecule has 62 heavy (non-hydrogen) atoms. The molecule has 288 valence electrons. The Hall–Kier alpha value is -8.14. The summed E-state index contributed by atoms with van der Waals surface area (Å²) in [4.78, 5) is 2.44. The molecule has 0 atom stereocenters. The van der Waals surface area contributed by atoms with Crippen molar-refractivity contribution < 1.29 is 8.83 Å². The fraction of sp³-hybridized carbons (Fsp3) is 0.0169. The van der Waals surface area contributed by atoms with Gasteiger partial charge in [-0.2, -0.15) is 0 Å². The van der Waals surface area contributed by atoms with Crippen molar-refractivity contribution in [2.24, 2.45) is 0 Å². The molecule has 0 bridgehead atoms. The lowest BCUT2D eigenvalue weighted by molar-refractivity contribution is 0.669. The standard InChI is InChI=1S/C59H35NO2/c1-2-15-39-36(14-1)28-31-48-47-22-13-21-46(58(47)62-57(39)48)44-19-6-11-26-54(44)60(37-30-33-56-49(34-37)45-20-7-12-27-55(45)61-56)38-29-32-43-42-18-5-10-25-52(42)59(53(43)35-38)50-23-8-3-16-40(50)41-17-4-9-24-51(41)59/h1-35H. The van der Waals surface area contributed by atoms with Crippen LogP contribution in [0, 0.1) is 0 Å². The first-order chi connectivity index (χ1) is 30.8. The van der Waals surface area contributed by atoms with Crippen LogP contribution in [0.25, 0.3) is 88.0 Å². The summed E-state index contributed by atoms with van der Waals surface area (Å²) in [7, 11) is 0. The maximum atomic E-state index is 6.99. The van der Waals surface area contributed by atoms with Gasteiger partial charge < -0.3 is 13.7 Å². The van der Waals surface area contributed by atoms with Gasteiger partial charge in [-0.15, -0.1) is 0 Å². The maximum Gasteiger partial charge on any atom is 0.143 e. The van der Waals surface area contributed by atoms with Crippen LogP contribution in [0.5, 0.6) is 0 Å². The van der Waals surface area contributed by atoms with Gasteiger partial charge in [-0.25, -0.2) is 0 Å². The largest absolute Gasteiger partial charge is 0.456 e. The van der Waals surface area contributed by atoms with Crippen molar-refractivity contribution in [1.82, 2.24) is 0 Å². The third kappa shape index (κ3) is 4.39. The second-order valence-electron chi connectivity index (χ2n) is 16.7. The van der Waals surface area contributed by atoms with E-state index >= 15 is 0 Å². The van der Waals surface area contributed by atoms with Crippen LogP contribution in [-0.2, 0) is 5.41 Å². The summed E-state index contributed by atoms with van der Waals surface area (Å²) >= 11 is 0. The summed E-state index contributed by atoms with van der Waals surface area (Å²) < 4.78 is 13.4. The van der Waals surface area contributed by atoms with Gasteiger partial charge in [-0.1, -0.05) is 164 Å². The monoisotopic (exact) mass is 789 g/mol. The molecule has 3 nitrogen and oxygen atoms in total. The van der Waals surface area contributed by atoms with Crippen molar-refractivity contribution in [1.29, 1.82) is 0 Å². The molecule has 2 aromatic heterocycles. The average molecular weight is 790 g/mol. The Morgan fingerprint density at radius 3 is 1.63 bits per heavy atom. The molecule has 0 saturated heterocycles. The number of hydrogen-bond acceptors (Lipinski definition) is 3. The van der Waals surface area contributed by atoms with Gasteiger partial charge in [0.1, 0.15) is 22.3 Å². The normalized spacial score (nSPS) is 13.3. The Labute approximate surface area is 357 Å². The highest BCUT2D eigenvalue weighted by atomic mass is 16.3. The Morgan fingerprint density at radius 1 is 0.306 bits per heavy atom. The maximum absolute atomic E-state index is 6.99. The van der Waals surface area contributed by atoms with Crippen LogP contribution in [0.1, 0.15) is 22.3 Å². The predicted octanol–water partition coefficient (Wildman–Crippen LogP) is 16.1. The highest BCUT2D eigenvalue weighted by molar-refractivity contribution is 6.18. The van der Waals surface area contributed by atoms with E-state index in [1.165, 1.54) is 49.9 Å². The fourth-order valence-corrected chi connectivity index (χ4v) is 11.1. The summed E-state index contributed by atoms with van der Waals surface area (Å²) in [5.74, 6) is 0. The van der Waals surface area contributed by atoms with Crippen LogP contribution in [0.2, 0.25) is 0 Å². The van der Waals surface area contributed by atoms with Crippen molar-refractivity contribution >= 4 is 71.7 Å². The number of benzene rings is 10. The third-order valence-corrected chi connectivity index (χ3v) is 13.7. The molecule has 12 aromatic rings. The average Bonchev–Trinajstić information content (AvgIpc) is 4.07. The van der Waals surface area contributed by atoms with E-state index in [2.05, 4.69) is 205 Å². The van der Waals surface area contributed by atoms with Crippen molar-refractivity contribution in [2.45, 2.75) is 5.41 Å². The van der Waals surface area contributed by atoms with Gasteiger partial charge in [0.25, 0.3) is 0 Å². The van der Waals surface area contributed by atoms with E-state index in [9.17, 15) is 0 Å². The second kappa shape index (κ2) is 12.4. The number of furan rings is 2. The van der Waals surface area contributed by atoms with Crippen molar-refractivity contribution in [3.05, 3.63) is 235 Å². The van der Waals surface area contributed by atoms with E-state index in [1.807, 2.05) is 12.1 Å². The summed E-state index contributed by atoms with van der Waals surface area (Å²) in [5.41, 5.74) is 18.7. The molecule has 0 fully saturated rings. The SMILES string of the molecule is c1ccc(N(c2ccc3c(c2)C2(c4ccccc4-c4ccccc42)c2ccccc2-3)c2ccc3oc4ccccc4c3c2)c(-c2cccc3c2oc2c4ccccc4ccc32)c1. The molecular weight excluding hydrogens is 755 g/mol. The molecular formula is C59H35NO2. The van der Waals surface area contributed by atoms with E-state index in [0.717, 1.165) is 77.5 Å². The molecule has 14 rings (SSSR count). The predicted molar refractivity (Wildman–Crippen MR) is 255 cm³/mol. The molecule has 3 heteroatoms. The van der Waals surface area contributed by atoms with Gasteiger partial charge in [-0.3, -0.25) is 0 Å². The van der Waals surface area contributed by atoms with E-state index < -0.39 is 5.41 Å². The van der Waals surface area contributed by atoms with E-state index in [1.54, 1.807) is 0 Å². The first-order valence-electron chi connectivity index (χ1n) is 21.3. The van der Waals surface area contributed by atoms with Crippen LogP contribution in [-0.4, -0.2) is 0 Å². The van der Waals surface area contributed by atoms with Gasteiger partial charge in [0, 0.05) is 49.4 Å². The molecule has 0 N–H and O–H groups in total. The van der Waals surface area contributed by atoms with Crippen molar-refractivity contribution in [3.8, 4) is 33.4 Å². The molecule has 2 aliphatic rings. The number of hydrogen-bond donors (Lipinski definition) is 0. The third-order valence-electron chi connectivity index (χ3n) is 13.7. The highest BCUT2D eigenvalue weighted by Crippen LogP contribution is 2.63. The molecule has 2 heterocycles. The number of para-hydroxylation sites is 3. The minimum absolute atomic E-state index is 0.479. The Bertz CT molecular complexity index is 3780. The second-order valence-corrected chi connectivity index (χ2v) is 16.7. The Balaban J connectivity index is 1.06. The first-order valence-corrected chi connectivity index (χ1v) is 21.3. The number of nitrogens with zero attached hydrogens (tertiary/aromatic N) is 1. The molecule has 10 aromatic carbocycles. The number of fused-ring (bicyclic) bond motifs is 18. The zero-order valence-corrected chi connectivity index (χ0v) is 33.5. The number of anilines is 3. The van der Waals surface area contributed by atoms with Crippen molar-refractivity contribution in [2.75, 3.05) is 4.90 Å². The molecule has 0 saturated carbocycles. The van der Waals surface area contributed by atoms with Crippen LogP contribution >= 0.6 is 0 Å². The number of rotatable bonds is 4. The zero-order valence-electron chi connectivity index (χ0n) is 33.5. The molecule has 0 radical (unpaired) electrons. The van der Waals surface area contributed by atoms with Crippen LogP contribution < -0.4 is 4.90 Å². The highest BCUT2D eigenvalue weighted by Gasteiger charge is 2.51. The zero-order chi connectivity index (χ0) is 40.5. The molecule has 1 spiro atoms. The van der Waals surface area contributed by atoms with Gasteiger partial charge in [-0.05, 0) is 98.4 Å². The lowest BCUT2D eigenvalue weighted by atomic mass is 9.70. The summed E-state index contributed by atoms with van der Waals surface area (Å²) in [6.45, 7) is 0. The quantitative estimate of drug-likeness (QED) is 0.178. The van der Waals surface area contributed by atoms with Crippen LogP contribution in [0.4, 0.5) is 17.1 Å². The minimum Gasteiger partial charge on any atom is -0.456 e. The van der Waals surface area contributed by atoms with Gasteiger partial charge in [0.2, 0.25) is 0 Å². The van der Waals surface area contributed by atoms with E-state index in [-0.39, 0.29) is 0 Å². The topological polar surface area (TPSA) is 29.5 Å². The fourth-order valence-electron chi connectivity index (χ4n) is 11.1.